The summed E-state index contributed by atoms with van der Waals surface area (Å²) >= 11 is 0. The topological polar surface area (TPSA) is 40.5 Å². The van der Waals surface area contributed by atoms with Gasteiger partial charge in [-0.15, -0.1) is 0 Å². The molecule has 0 radical (unpaired) electrons. The van der Waals surface area contributed by atoms with Crippen molar-refractivity contribution in [3.8, 4) is 0 Å². The van der Waals surface area contributed by atoms with Crippen LogP contribution in [-0.4, -0.2) is 29.0 Å². The highest BCUT2D eigenvalue weighted by molar-refractivity contribution is 5.92. The quantitative estimate of drug-likeness (QED) is 0.866. The van der Waals surface area contributed by atoms with Crippen molar-refractivity contribution in [1.82, 2.24) is 4.90 Å². The summed E-state index contributed by atoms with van der Waals surface area (Å²) in [7, 11) is 0. The highest BCUT2D eigenvalue weighted by Crippen LogP contribution is 2.31. The zero-order valence-electron chi connectivity index (χ0n) is 13.3. The van der Waals surface area contributed by atoms with Gasteiger partial charge in [-0.1, -0.05) is 25.1 Å². The summed E-state index contributed by atoms with van der Waals surface area (Å²) in [6.45, 7) is 5.20. The van der Waals surface area contributed by atoms with Crippen LogP contribution in [0.15, 0.2) is 35.9 Å². The van der Waals surface area contributed by atoms with Crippen molar-refractivity contribution in [1.29, 1.82) is 0 Å². The molecule has 0 unspecified atom stereocenters. The first-order chi connectivity index (χ1) is 10.5. The number of aliphatic hydroxyl groups excluding tert-OH is 1. The Hall–Kier alpha value is -1.68. The maximum absolute atomic E-state index is 12.9. The van der Waals surface area contributed by atoms with Gasteiger partial charge in [-0.25, -0.2) is 4.39 Å². The van der Waals surface area contributed by atoms with Crippen LogP contribution in [-0.2, 0) is 4.79 Å². The molecule has 0 aliphatic carbocycles. The number of hydrogen-bond acceptors (Lipinski definition) is 2. The molecule has 0 saturated carbocycles. The molecular weight excluding hydrogens is 281 g/mol. The molecule has 3 nitrogen and oxygen atoms in total. The minimum absolute atomic E-state index is 0.0940. The van der Waals surface area contributed by atoms with Crippen LogP contribution in [0.5, 0.6) is 0 Å². The number of piperidine rings is 1. The van der Waals surface area contributed by atoms with E-state index in [1.54, 1.807) is 12.1 Å². The molecule has 2 rings (SSSR count). The van der Waals surface area contributed by atoms with Crippen molar-refractivity contribution >= 4 is 5.91 Å². The van der Waals surface area contributed by atoms with Gasteiger partial charge in [-0.2, -0.15) is 0 Å². The number of rotatable bonds is 4. The standard InChI is InChI=1S/C18H24FNO2/c1-3-4-13(2)18(22)20-11-9-15(10-12-20)17(21)14-5-7-16(19)8-6-14/h4-8,15,17,21H,3,9-12H2,1-2H3/b13-4+/t17-/m1/s1. The van der Waals surface area contributed by atoms with Crippen molar-refractivity contribution < 1.29 is 14.3 Å². The fraction of sp³-hybridized carbons (Fsp3) is 0.500. The van der Waals surface area contributed by atoms with Crippen molar-refractivity contribution in [2.75, 3.05) is 13.1 Å². The molecule has 0 bridgehead atoms. The second-order valence-electron chi connectivity index (χ2n) is 5.92. The highest BCUT2D eigenvalue weighted by atomic mass is 19.1. The molecule has 1 aromatic carbocycles. The van der Waals surface area contributed by atoms with Crippen LogP contribution in [0.4, 0.5) is 4.39 Å². The number of allylic oxidation sites excluding steroid dienone is 1. The largest absolute Gasteiger partial charge is 0.388 e. The molecular formula is C18H24FNO2. The molecule has 1 saturated heterocycles. The Labute approximate surface area is 131 Å². The molecule has 0 spiro atoms. The zero-order valence-corrected chi connectivity index (χ0v) is 13.3. The average Bonchev–Trinajstić information content (AvgIpc) is 2.54. The smallest absolute Gasteiger partial charge is 0.249 e. The Morgan fingerprint density at radius 1 is 1.36 bits per heavy atom. The number of hydrogen-bond donors (Lipinski definition) is 1. The predicted octanol–water partition coefficient (Wildman–Crippen LogP) is 3.45. The summed E-state index contributed by atoms with van der Waals surface area (Å²) in [4.78, 5) is 14.1. The van der Waals surface area contributed by atoms with E-state index in [4.69, 9.17) is 0 Å². The van der Waals surface area contributed by atoms with Gasteiger partial charge in [0, 0.05) is 18.7 Å². The molecule has 1 fully saturated rings. The number of halogens is 1. The molecule has 120 valence electrons. The van der Waals surface area contributed by atoms with Crippen LogP contribution >= 0.6 is 0 Å². The van der Waals surface area contributed by atoms with Gasteiger partial charge in [0.05, 0.1) is 6.10 Å². The van der Waals surface area contributed by atoms with E-state index in [2.05, 4.69) is 0 Å². The monoisotopic (exact) mass is 305 g/mol. The fourth-order valence-electron chi connectivity index (χ4n) is 2.99. The normalized spacial score (nSPS) is 18.4. The van der Waals surface area contributed by atoms with Gasteiger partial charge in [-0.3, -0.25) is 4.79 Å². The van der Waals surface area contributed by atoms with Crippen LogP contribution in [0, 0.1) is 11.7 Å². The third-order valence-corrected chi connectivity index (χ3v) is 4.33. The maximum atomic E-state index is 12.9. The van der Waals surface area contributed by atoms with Crippen LogP contribution in [0.1, 0.15) is 44.8 Å². The van der Waals surface area contributed by atoms with Crippen LogP contribution < -0.4 is 0 Å². The molecule has 1 aromatic rings. The van der Waals surface area contributed by atoms with E-state index in [0.29, 0.717) is 13.1 Å². The first-order valence-electron chi connectivity index (χ1n) is 7.92. The molecule has 1 atom stereocenters. The maximum Gasteiger partial charge on any atom is 0.249 e. The van der Waals surface area contributed by atoms with Crippen LogP contribution in [0.25, 0.3) is 0 Å². The lowest BCUT2D eigenvalue weighted by Gasteiger charge is -2.34. The summed E-state index contributed by atoms with van der Waals surface area (Å²) in [6.07, 6.45) is 3.75. The lowest BCUT2D eigenvalue weighted by atomic mass is 9.87. The third kappa shape index (κ3) is 3.95. The van der Waals surface area contributed by atoms with E-state index in [1.807, 2.05) is 24.8 Å². The van der Waals surface area contributed by atoms with Gasteiger partial charge in [0.15, 0.2) is 0 Å². The Morgan fingerprint density at radius 2 is 1.95 bits per heavy atom. The first-order valence-corrected chi connectivity index (χ1v) is 7.92. The van der Waals surface area contributed by atoms with Gasteiger partial charge in [-0.05, 0) is 49.8 Å². The molecule has 1 aliphatic heterocycles. The summed E-state index contributed by atoms with van der Waals surface area (Å²) in [5.74, 6) is -0.0869. The van der Waals surface area contributed by atoms with E-state index in [-0.39, 0.29) is 17.6 Å². The fourth-order valence-corrected chi connectivity index (χ4v) is 2.99. The third-order valence-electron chi connectivity index (χ3n) is 4.33. The predicted molar refractivity (Wildman–Crippen MR) is 84.7 cm³/mol. The Kier molecular flexibility index (Phi) is 5.72. The van der Waals surface area contributed by atoms with Crippen molar-refractivity contribution in [2.45, 2.75) is 39.2 Å². The SMILES string of the molecule is CC/C=C(\C)C(=O)N1CCC([C@H](O)c2ccc(F)cc2)CC1. The number of aliphatic hydroxyl groups is 1. The van der Waals surface area contributed by atoms with E-state index in [0.717, 1.165) is 30.4 Å². The van der Waals surface area contributed by atoms with Crippen molar-refractivity contribution in [2.24, 2.45) is 5.92 Å². The Balaban J connectivity index is 1.93. The van der Waals surface area contributed by atoms with E-state index in [9.17, 15) is 14.3 Å². The average molecular weight is 305 g/mol. The summed E-state index contributed by atoms with van der Waals surface area (Å²) in [6, 6.07) is 6.00. The molecule has 1 heterocycles. The summed E-state index contributed by atoms with van der Waals surface area (Å²) < 4.78 is 12.9. The molecule has 1 amide bonds. The number of carbonyl (C=O) groups excluding carboxylic acids is 1. The summed E-state index contributed by atoms with van der Waals surface area (Å²) in [5, 5.41) is 10.4. The lowest BCUT2D eigenvalue weighted by Crippen LogP contribution is -2.40. The van der Waals surface area contributed by atoms with Crippen molar-refractivity contribution in [3.63, 3.8) is 0 Å². The molecule has 4 heteroatoms. The lowest BCUT2D eigenvalue weighted by molar-refractivity contribution is -0.129. The number of amides is 1. The number of carbonyl (C=O) groups is 1. The zero-order chi connectivity index (χ0) is 16.1. The number of nitrogens with zero attached hydrogens (tertiary/aromatic N) is 1. The van der Waals surface area contributed by atoms with E-state index >= 15 is 0 Å². The second kappa shape index (κ2) is 7.54. The van der Waals surface area contributed by atoms with E-state index in [1.165, 1.54) is 12.1 Å². The Bertz CT molecular complexity index is 531. The van der Waals surface area contributed by atoms with Gasteiger partial charge in [0.1, 0.15) is 5.82 Å². The molecule has 22 heavy (non-hydrogen) atoms. The second-order valence-corrected chi connectivity index (χ2v) is 5.92. The van der Waals surface area contributed by atoms with Gasteiger partial charge >= 0.3 is 0 Å². The van der Waals surface area contributed by atoms with Gasteiger partial charge in [0.25, 0.3) is 0 Å². The minimum atomic E-state index is -0.592. The van der Waals surface area contributed by atoms with E-state index < -0.39 is 6.10 Å². The van der Waals surface area contributed by atoms with Gasteiger partial charge < -0.3 is 10.0 Å². The van der Waals surface area contributed by atoms with Crippen molar-refractivity contribution in [3.05, 3.63) is 47.3 Å². The van der Waals surface area contributed by atoms with Crippen LogP contribution in [0.2, 0.25) is 0 Å². The number of benzene rings is 1. The highest BCUT2D eigenvalue weighted by Gasteiger charge is 2.28. The molecule has 1 N–H and O–H groups in total. The minimum Gasteiger partial charge on any atom is -0.388 e. The van der Waals surface area contributed by atoms with Gasteiger partial charge in [0.2, 0.25) is 5.91 Å². The number of likely N-dealkylation sites (tertiary alicyclic amines) is 1. The summed E-state index contributed by atoms with van der Waals surface area (Å²) in [5.41, 5.74) is 1.54. The first kappa shape index (κ1) is 16.7. The van der Waals surface area contributed by atoms with Crippen LogP contribution in [0.3, 0.4) is 0 Å². The Morgan fingerprint density at radius 3 is 2.50 bits per heavy atom. The molecule has 1 aliphatic rings. The molecule has 0 aromatic heterocycles.